The summed E-state index contributed by atoms with van der Waals surface area (Å²) in [6.45, 7) is 6.87. The molecule has 0 radical (unpaired) electrons. The number of carbonyl (C=O) groups is 1. The lowest BCUT2D eigenvalue weighted by atomic mass is 10.1. The maximum Gasteiger partial charge on any atom is 0.171 e. The first-order chi connectivity index (χ1) is 9.04. The summed E-state index contributed by atoms with van der Waals surface area (Å²) in [6, 6.07) is 5.29. The lowest BCUT2D eigenvalue weighted by molar-refractivity contribution is 0.00517. The molecule has 1 aromatic carbocycles. The minimum Gasteiger partial charge on any atom is -0.490 e. The van der Waals surface area contributed by atoms with Gasteiger partial charge in [0.25, 0.3) is 0 Å². The highest BCUT2D eigenvalue weighted by Crippen LogP contribution is 2.31. The minimum atomic E-state index is -0.248. The van der Waals surface area contributed by atoms with Gasteiger partial charge in [0, 0.05) is 13.5 Å². The van der Waals surface area contributed by atoms with Gasteiger partial charge in [0.1, 0.15) is 0 Å². The Morgan fingerprint density at radius 2 is 2.00 bits per heavy atom. The van der Waals surface area contributed by atoms with Crippen LogP contribution in [0.3, 0.4) is 0 Å². The van der Waals surface area contributed by atoms with Gasteiger partial charge in [-0.2, -0.15) is 0 Å². The molecule has 106 valence electrons. The van der Waals surface area contributed by atoms with Crippen LogP contribution in [0.15, 0.2) is 18.2 Å². The van der Waals surface area contributed by atoms with Crippen molar-refractivity contribution in [3.05, 3.63) is 23.8 Å². The van der Waals surface area contributed by atoms with Gasteiger partial charge < -0.3 is 14.2 Å². The van der Waals surface area contributed by atoms with Crippen molar-refractivity contribution in [3.8, 4) is 11.5 Å². The molecule has 0 saturated carbocycles. The predicted molar refractivity (Wildman–Crippen MR) is 74.2 cm³/mol. The zero-order valence-corrected chi connectivity index (χ0v) is 12.1. The molecule has 0 aliphatic rings. The molecule has 0 unspecified atom stereocenters. The number of hydrogen-bond acceptors (Lipinski definition) is 4. The molecule has 0 heterocycles. The van der Waals surface area contributed by atoms with Crippen molar-refractivity contribution < 1.29 is 19.0 Å². The molecule has 4 heteroatoms. The van der Waals surface area contributed by atoms with E-state index in [9.17, 15) is 4.79 Å². The van der Waals surface area contributed by atoms with Gasteiger partial charge in [0.05, 0.1) is 24.4 Å². The first kappa shape index (κ1) is 15.5. The second kappa shape index (κ2) is 7.14. The zero-order valence-electron chi connectivity index (χ0n) is 12.1. The van der Waals surface area contributed by atoms with Gasteiger partial charge in [0.2, 0.25) is 0 Å². The van der Waals surface area contributed by atoms with E-state index in [-0.39, 0.29) is 5.60 Å². The van der Waals surface area contributed by atoms with Crippen LogP contribution in [0.5, 0.6) is 11.5 Å². The Hall–Kier alpha value is -1.55. The standard InChI is InChI=1S/C15H22O4/c1-5-18-13-8-6-7-12(11-16)14(13)19-10-9-15(2,3)17-4/h6-8,11H,5,9-10H2,1-4H3. The highest BCUT2D eigenvalue weighted by atomic mass is 16.5. The molecule has 0 saturated heterocycles. The molecule has 0 N–H and O–H groups in total. The van der Waals surface area contributed by atoms with Gasteiger partial charge in [-0.05, 0) is 32.9 Å². The van der Waals surface area contributed by atoms with E-state index in [0.29, 0.717) is 30.3 Å². The van der Waals surface area contributed by atoms with E-state index in [1.165, 1.54) is 0 Å². The van der Waals surface area contributed by atoms with Crippen LogP contribution >= 0.6 is 0 Å². The van der Waals surface area contributed by atoms with E-state index in [2.05, 4.69) is 0 Å². The zero-order chi connectivity index (χ0) is 14.3. The summed E-state index contributed by atoms with van der Waals surface area (Å²) < 4.78 is 16.5. The fourth-order valence-electron chi connectivity index (χ4n) is 1.55. The van der Waals surface area contributed by atoms with E-state index in [4.69, 9.17) is 14.2 Å². The molecule has 0 aromatic heterocycles. The summed E-state index contributed by atoms with van der Waals surface area (Å²) in [5.74, 6) is 1.11. The molecule has 0 aliphatic carbocycles. The lowest BCUT2D eigenvalue weighted by Crippen LogP contribution is -2.25. The number of aldehydes is 1. The third-order valence-electron chi connectivity index (χ3n) is 2.94. The molecule has 1 aromatic rings. The van der Waals surface area contributed by atoms with Gasteiger partial charge >= 0.3 is 0 Å². The Bertz CT molecular complexity index is 413. The molecule has 0 bridgehead atoms. The van der Waals surface area contributed by atoms with Crippen molar-refractivity contribution in [2.45, 2.75) is 32.8 Å². The van der Waals surface area contributed by atoms with Crippen molar-refractivity contribution in [3.63, 3.8) is 0 Å². The molecule has 0 amide bonds. The number of methoxy groups -OCH3 is 1. The van der Waals surface area contributed by atoms with Crippen LogP contribution in [0.25, 0.3) is 0 Å². The summed E-state index contributed by atoms with van der Waals surface area (Å²) in [7, 11) is 1.67. The van der Waals surface area contributed by atoms with Crippen LogP contribution in [0, 0.1) is 0 Å². The first-order valence-corrected chi connectivity index (χ1v) is 6.43. The number of hydrogen-bond donors (Lipinski definition) is 0. The average Bonchev–Trinajstić information content (AvgIpc) is 2.40. The highest BCUT2D eigenvalue weighted by molar-refractivity contribution is 5.81. The Labute approximate surface area is 114 Å². The van der Waals surface area contributed by atoms with Crippen molar-refractivity contribution in [2.75, 3.05) is 20.3 Å². The van der Waals surface area contributed by atoms with E-state index >= 15 is 0 Å². The maximum absolute atomic E-state index is 11.0. The third-order valence-corrected chi connectivity index (χ3v) is 2.94. The van der Waals surface area contributed by atoms with Gasteiger partial charge in [-0.1, -0.05) is 6.07 Å². The fourth-order valence-corrected chi connectivity index (χ4v) is 1.55. The molecule has 1 rings (SSSR count). The molecular weight excluding hydrogens is 244 g/mol. The Morgan fingerprint density at radius 1 is 1.26 bits per heavy atom. The topological polar surface area (TPSA) is 44.8 Å². The predicted octanol–water partition coefficient (Wildman–Crippen LogP) is 3.09. The van der Waals surface area contributed by atoms with Crippen LogP contribution in [-0.4, -0.2) is 32.2 Å². The maximum atomic E-state index is 11.0. The minimum absolute atomic E-state index is 0.248. The van der Waals surface area contributed by atoms with Crippen LogP contribution in [0.4, 0.5) is 0 Å². The third kappa shape index (κ3) is 4.56. The quantitative estimate of drug-likeness (QED) is 0.678. The summed E-state index contributed by atoms with van der Waals surface area (Å²) >= 11 is 0. The van der Waals surface area contributed by atoms with E-state index in [1.807, 2.05) is 20.8 Å². The van der Waals surface area contributed by atoms with Crippen molar-refractivity contribution >= 4 is 6.29 Å². The number of carbonyl (C=O) groups excluding carboxylic acids is 1. The molecular formula is C15H22O4. The Kier molecular flexibility index (Phi) is 5.83. The average molecular weight is 266 g/mol. The first-order valence-electron chi connectivity index (χ1n) is 6.43. The van der Waals surface area contributed by atoms with Crippen LogP contribution in [0.1, 0.15) is 37.6 Å². The van der Waals surface area contributed by atoms with Crippen molar-refractivity contribution in [2.24, 2.45) is 0 Å². The fraction of sp³-hybridized carbons (Fsp3) is 0.533. The molecule has 0 aliphatic heterocycles. The Balaban J connectivity index is 2.78. The Morgan fingerprint density at radius 3 is 2.58 bits per heavy atom. The summed E-state index contributed by atoms with van der Waals surface area (Å²) in [5, 5.41) is 0. The van der Waals surface area contributed by atoms with E-state index < -0.39 is 0 Å². The number of rotatable bonds is 8. The molecule has 0 spiro atoms. The molecule has 0 fully saturated rings. The SMILES string of the molecule is CCOc1cccc(C=O)c1OCCC(C)(C)OC. The van der Waals surface area contributed by atoms with E-state index in [0.717, 1.165) is 12.7 Å². The summed E-state index contributed by atoms with van der Waals surface area (Å²) in [6.07, 6.45) is 1.50. The van der Waals surface area contributed by atoms with Crippen molar-refractivity contribution in [1.29, 1.82) is 0 Å². The largest absolute Gasteiger partial charge is 0.490 e. The van der Waals surface area contributed by atoms with Crippen LogP contribution in [-0.2, 0) is 4.74 Å². The van der Waals surface area contributed by atoms with E-state index in [1.54, 1.807) is 25.3 Å². The lowest BCUT2D eigenvalue weighted by Gasteiger charge is -2.23. The van der Waals surface area contributed by atoms with Gasteiger partial charge in [-0.25, -0.2) is 0 Å². The smallest absolute Gasteiger partial charge is 0.171 e. The molecule has 0 atom stereocenters. The van der Waals surface area contributed by atoms with Gasteiger partial charge in [0.15, 0.2) is 17.8 Å². The number of ether oxygens (including phenoxy) is 3. The van der Waals surface area contributed by atoms with Crippen LogP contribution in [0.2, 0.25) is 0 Å². The monoisotopic (exact) mass is 266 g/mol. The summed E-state index contributed by atoms with van der Waals surface area (Å²) in [4.78, 5) is 11.0. The number of benzene rings is 1. The normalized spacial score (nSPS) is 11.2. The van der Waals surface area contributed by atoms with Crippen LogP contribution < -0.4 is 9.47 Å². The number of para-hydroxylation sites is 1. The second-order valence-corrected chi connectivity index (χ2v) is 4.79. The summed E-state index contributed by atoms with van der Waals surface area (Å²) in [5.41, 5.74) is 0.253. The highest BCUT2D eigenvalue weighted by Gasteiger charge is 2.17. The van der Waals surface area contributed by atoms with Crippen molar-refractivity contribution in [1.82, 2.24) is 0 Å². The van der Waals surface area contributed by atoms with Gasteiger partial charge in [-0.3, -0.25) is 4.79 Å². The molecule has 4 nitrogen and oxygen atoms in total. The second-order valence-electron chi connectivity index (χ2n) is 4.79. The van der Waals surface area contributed by atoms with Gasteiger partial charge in [-0.15, -0.1) is 0 Å². The molecule has 19 heavy (non-hydrogen) atoms.